The number of unbranched alkanes of at least 4 members (excludes halogenated alkanes) is 2. The van der Waals surface area contributed by atoms with Gasteiger partial charge in [0, 0.05) is 11.7 Å². The van der Waals surface area contributed by atoms with E-state index < -0.39 is 5.60 Å². The van der Waals surface area contributed by atoms with Crippen molar-refractivity contribution in [1.29, 1.82) is 0 Å². The molecule has 0 aromatic heterocycles. The highest BCUT2D eigenvalue weighted by Crippen LogP contribution is 2.27. The van der Waals surface area contributed by atoms with E-state index in [0.29, 0.717) is 0 Å². The van der Waals surface area contributed by atoms with Crippen LogP contribution in [0.5, 0.6) is 0 Å². The van der Waals surface area contributed by atoms with Gasteiger partial charge >= 0.3 is 0 Å². The van der Waals surface area contributed by atoms with Crippen LogP contribution in [-0.2, 0) is 0 Å². The molecule has 0 fully saturated rings. The molecule has 1 aromatic carbocycles. The quantitative estimate of drug-likeness (QED) is 0.631. The number of rotatable bonds is 10. The van der Waals surface area contributed by atoms with E-state index in [1.165, 1.54) is 0 Å². The van der Waals surface area contributed by atoms with Crippen molar-refractivity contribution in [2.45, 2.75) is 77.4 Å². The fourth-order valence-electron chi connectivity index (χ4n) is 2.78. The Kier molecular flexibility index (Phi) is 7.68. The fourth-order valence-corrected chi connectivity index (χ4v) is 2.78. The summed E-state index contributed by atoms with van der Waals surface area (Å²) in [5, 5.41) is 14.4. The molecule has 1 aromatic rings. The Morgan fingerprint density at radius 2 is 1.60 bits per heavy atom. The van der Waals surface area contributed by atoms with E-state index in [1.54, 1.807) is 0 Å². The molecule has 1 rings (SSSR count). The fraction of sp³-hybridized carbons (Fsp3) is 0.667. The van der Waals surface area contributed by atoms with Crippen LogP contribution >= 0.6 is 0 Å². The standard InChI is InChI=1S/C18H31NO/c1-4-6-13-18(20,14-7-5-2)15-16(3)19-17-11-9-8-10-12-17/h8-12,16,19-20H,4-7,13-15H2,1-3H3. The third-order valence-corrected chi connectivity index (χ3v) is 3.86. The van der Waals surface area contributed by atoms with Gasteiger partial charge in [-0.3, -0.25) is 0 Å². The van der Waals surface area contributed by atoms with Crippen LogP contribution in [0.3, 0.4) is 0 Å². The monoisotopic (exact) mass is 277 g/mol. The largest absolute Gasteiger partial charge is 0.390 e. The lowest BCUT2D eigenvalue weighted by Gasteiger charge is -2.31. The van der Waals surface area contributed by atoms with Crippen LogP contribution in [0.25, 0.3) is 0 Å². The Balaban J connectivity index is 2.54. The summed E-state index contributed by atoms with van der Waals surface area (Å²) in [6, 6.07) is 10.5. The SMILES string of the molecule is CCCCC(O)(CCCC)CC(C)Nc1ccccc1. The highest BCUT2D eigenvalue weighted by molar-refractivity contribution is 5.43. The molecule has 0 radical (unpaired) electrons. The van der Waals surface area contributed by atoms with Crippen molar-refractivity contribution >= 4 is 5.69 Å². The van der Waals surface area contributed by atoms with E-state index in [2.05, 4.69) is 38.2 Å². The van der Waals surface area contributed by atoms with Gasteiger partial charge in [-0.25, -0.2) is 0 Å². The molecular formula is C18H31NO. The number of anilines is 1. The minimum atomic E-state index is -0.507. The maximum absolute atomic E-state index is 10.9. The second-order valence-corrected chi connectivity index (χ2v) is 6.05. The van der Waals surface area contributed by atoms with Crippen LogP contribution < -0.4 is 5.32 Å². The van der Waals surface area contributed by atoms with E-state index in [4.69, 9.17) is 0 Å². The summed E-state index contributed by atoms with van der Waals surface area (Å²) in [4.78, 5) is 0. The molecular weight excluding hydrogens is 246 g/mol. The molecule has 0 aliphatic rings. The minimum absolute atomic E-state index is 0.288. The first-order valence-corrected chi connectivity index (χ1v) is 8.13. The topological polar surface area (TPSA) is 32.3 Å². The Hall–Kier alpha value is -1.02. The average molecular weight is 277 g/mol. The summed E-state index contributed by atoms with van der Waals surface area (Å²) in [6.45, 7) is 6.54. The molecule has 0 aliphatic heterocycles. The van der Waals surface area contributed by atoms with Gasteiger partial charge in [0.15, 0.2) is 0 Å². The third kappa shape index (κ3) is 6.42. The summed E-state index contributed by atoms with van der Waals surface area (Å²) in [5.74, 6) is 0. The highest BCUT2D eigenvalue weighted by Gasteiger charge is 2.27. The Bertz CT molecular complexity index is 342. The van der Waals surface area contributed by atoms with Gasteiger partial charge in [-0.15, -0.1) is 0 Å². The summed E-state index contributed by atoms with van der Waals surface area (Å²) >= 11 is 0. The maximum Gasteiger partial charge on any atom is 0.0667 e. The Morgan fingerprint density at radius 3 is 2.10 bits per heavy atom. The van der Waals surface area contributed by atoms with Gasteiger partial charge in [0.05, 0.1) is 5.60 Å². The van der Waals surface area contributed by atoms with Gasteiger partial charge in [-0.1, -0.05) is 57.7 Å². The van der Waals surface area contributed by atoms with Crippen molar-refractivity contribution in [3.63, 3.8) is 0 Å². The molecule has 0 heterocycles. The van der Waals surface area contributed by atoms with Crippen molar-refractivity contribution in [2.24, 2.45) is 0 Å². The first-order valence-electron chi connectivity index (χ1n) is 8.13. The highest BCUT2D eigenvalue weighted by atomic mass is 16.3. The van der Waals surface area contributed by atoms with Crippen LogP contribution in [-0.4, -0.2) is 16.7 Å². The van der Waals surface area contributed by atoms with E-state index in [0.717, 1.165) is 50.6 Å². The molecule has 1 unspecified atom stereocenters. The zero-order chi connectivity index (χ0) is 14.8. The number of nitrogens with one attached hydrogen (secondary N) is 1. The molecule has 0 bridgehead atoms. The molecule has 2 heteroatoms. The van der Waals surface area contributed by atoms with Gasteiger partial charge in [0.25, 0.3) is 0 Å². The summed E-state index contributed by atoms with van der Waals surface area (Å²) in [7, 11) is 0. The lowest BCUT2D eigenvalue weighted by atomic mass is 9.85. The predicted octanol–water partition coefficient (Wildman–Crippen LogP) is 4.99. The first-order chi connectivity index (χ1) is 9.59. The first kappa shape index (κ1) is 17.0. The van der Waals surface area contributed by atoms with Crippen LogP contribution in [0.2, 0.25) is 0 Å². The second kappa shape index (κ2) is 9.02. The van der Waals surface area contributed by atoms with Crippen LogP contribution in [0.1, 0.15) is 65.7 Å². The normalized spacial score (nSPS) is 13.2. The lowest BCUT2D eigenvalue weighted by Crippen LogP contribution is -2.35. The zero-order valence-electron chi connectivity index (χ0n) is 13.4. The number of hydrogen-bond donors (Lipinski definition) is 2. The molecule has 0 aliphatic carbocycles. The predicted molar refractivity (Wildman–Crippen MR) is 88.1 cm³/mol. The molecule has 2 N–H and O–H groups in total. The number of benzene rings is 1. The van der Waals surface area contributed by atoms with E-state index in [1.807, 2.05) is 18.2 Å². The zero-order valence-corrected chi connectivity index (χ0v) is 13.4. The van der Waals surface area contributed by atoms with Gasteiger partial charge in [0.1, 0.15) is 0 Å². The van der Waals surface area contributed by atoms with Crippen LogP contribution in [0.15, 0.2) is 30.3 Å². The van der Waals surface area contributed by atoms with E-state index in [9.17, 15) is 5.11 Å². The van der Waals surface area contributed by atoms with Crippen molar-refractivity contribution in [3.05, 3.63) is 30.3 Å². The van der Waals surface area contributed by atoms with Crippen LogP contribution in [0, 0.1) is 0 Å². The molecule has 2 nitrogen and oxygen atoms in total. The second-order valence-electron chi connectivity index (χ2n) is 6.05. The van der Waals surface area contributed by atoms with Crippen LogP contribution in [0.4, 0.5) is 5.69 Å². The molecule has 0 saturated carbocycles. The minimum Gasteiger partial charge on any atom is -0.390 e. The van der Waals surface area contributed by atoms with Crippen molar-refractivity contribution in [1.82, 2.24) is 0 Å². The Labute approximate surface area is 124 Å². The maximum atomic E-state index is 10.9. The average Bonchev–Trinajstić information content (AvgIpc) is 2.44. The lowest BCUT2D eigenvalue weighted by molar-refractivity contribution is 0.00723. The molecule has 0 spiro atoms. The number of para-hydroxylation sites is 1. The van der Waals surface area contributed by atoms with Gasteiger partial charge < -0.3 is 10.4 Å². The summed E-state index contributed by atoms with van der Waals surface area (Å²) in [6.07, 6.45) is 7.18. The molecule has 20 heavy (non-hydrogen) atoms. The summed E-state index contributed by atoms with van der Waals surface area (Å²) < 4.78 is 0. The molecule has 114 valence electrons. The third-order valence-electron chi connectivity index (χ3n) is 3.86. The molecule has 0 amide bonds. The summed E-state index contributed by atoms with van der Waals surface area (Å²) in [5.41, 5.74) is 0.626. The Morgan fingerprint density at radius 1 is 1.05 bits per heavy atom. The number of aliphatic hydroxyl groups is 1. The van der Waals surface area contributed by atoms with E-state index >= 15 is 0 Å². The van der Waals surface area contributed by atoms with Crippen molar-refractivity contribution < 1.29 is 5.11 Å². The van der Waals surface area contributed by atoms with E-state index in [-0.39, 0.29) is 6.04 Å². The van der Waals surface area contributed by atoms with Gasteiger partial charge in [-0.2, -0.15) is 0 Å². The van der Waals surface area contributed by atoms with Gasteiger partial charge in [-0.05, 0) is 38.3 Å². The van der Waals surface area contributed by atoms with Crippen molar-refractivity contribution in [2.75, 3.05) is 5.32 Å². The smallest absolute Gasteiger partial charge is 0.0667 e. The van der Waals surface area contributed by atoms with Gasteiger partial charge in [0.2, 0.25) is 0 Å². The molecule has 1 atom stereocenters. The number of hydrogen-bond acceptors (Lipinski definition) is 2. The van der Waals surface area contributed by atoms with Crippen molar-refractivity contribution in [3.8, 4) is 0 Å². The molecule has 0 saturated heterocycles.